The van der Waals surface area contributed by atoms with Crippen LogP contribution in [0.1, 0.15) is 22.3 Å². The highest BCUT2D eigenvalue weighted by Crippen LogP contribution is 2.06. The van der Waals surface area contributed by atoms with Gasteiger partial charge in [-0.3, -0.25) is 9.59 Å². The number of amides is 1. The maximum atomic E-state index is 10.7. The number of carbonyl (C=O) groups is 2. The fraction of sp³-hybridized carbons (Fsp3) is 0.0909. The number of hydrogen-bond acceptors (Lipinski definition) is 2. The molecule has 0 aliphatic rings. The summed E-state index contributed by atoms with van der Waals surface area (Å²) >= 11 is 0. The molecule has 78 valence electrons. The molecular formula is C11H11NO3. The Bertz CT molecular complexity index is 393. The van der Waals surface area contributed by atoms with Gasteiger partial charge in [0, 0.05) is 5.56 Å². The standard InChI is InChI=1S/C11H11NO3/c12-11(15)9-6-4-8(5-7-9)2-1-3-10(13)14/h1-2,4-7H,3H2,(H2,12,15)(H,13,14). The third-order valence-corrected chi connectivity index (χ3v) is 1.80. The molecule has 15 heavy (non-hydrogen) atoms. The molecular weight excluding hydrogens is 194 g/mol. The van der Waals surface area contributed by atoms with E-state index in [9.17, 15) is 9.59 Å². The van der Waals surface area contributed by atoms with Gasteiger partial charge in [-0.1, -0.05) is 24.3 Å². The average molecular weight is 205 g/mol. The fourth-order valence-electron chi connectivity index (χ4n) is 1.05. The second-order valence-electron chi connectivity index (χ2n) is 2.99. The molecule has 0 heterocycles. The minimum absolute atomic E-state index is 0.0163. The smallest absolute Gasteiger partial charge is 0.307 e. The summed E-state index contributed by atoms with van der Waals surface area (Å²) in [5, 5.41) is 8.40. The lowest BCUT2D eigenvalue weighted by molar-refractivity contribution is -0.135. The molecule has 0 unspecified atom stereocenters. The molecule has 0 bridgehead atoms. The van der Waals surface area contributed by atoms with Crippen molar-refractivity contribution in [3.8, 4) is 0 Å². The van der Waals surface area contributed by atoms with Crippen LogP contribution in [0, 0.1) is 0 Å². The van der Waals surface area contributed by atoms with Crippen molar-refractivity contribution < 1.29 is 14.7 Å². The van der Waals surface area contributed by atoms with E-state index in [4.69, 9.17) is 10.8 Å². The zero-order valence-electron chi connectivity index (χ0n) is 8.01. The van der Waals surface area contributed by atoms with Gasteiger partial charge in [0.15, 0.2) is 0 Å². The van der Waals surface area contributed by atoms with Crippen LogP contribution < -0.4 is 5.73 Å². The van der Waals surface area contributed by atoms with Crippen LogP contribution in [0.4, 0.5) is 0 Å². The Morgan fingerprint density at radius 2 is 1.87 bits per heavy atom. The Morgan fingerprint density at radius 3 is 2.33 bits per heavy atom. The van der Waals surface area contributed by atoms with Gasteiger partial charge in [0.05, 0.1) is 6.42 Å². The first-order valence-electron chi connectivity index (χ1n) is 4.38. The molecule has 0 aliphatic heterocycles. The Hall–Kier alpha value is -2.10. The molecule has 1 rings (SSSR count). The molecule has 0 fully saturated rings. The zero-order valence-corrected chi connectivity index (χ0v) is 8.01. The van der Waals surface area contributed by atoms with Gasteiger partial charge in [-0.15, -0.1) is 0 Å². The zero-order chi connectivity index (χ0) is 11.3. The number of aliphatic carboxylic acids is 1. The highest BCUT2D eigenvalue weighted by Gasteiger charge is 1.97. The van der Waals surface area contributed by atoms with Gasteiger partial charge in [0.1, 0.15) is 0 Å². The summed E-state index contributed by atoms with van der Waals surface area (Å²) in [5.41, 5.74) is 6.34. The largest absolute Gasteiger partial charge is 0.481 e. The Kier molecular flexibility index (Phi) is 3.62. The van der Waals surface area contributed by atoms with Gasteiger partial charge in [0.25, 0.3) is 0 Å². The highest BCUT2D eigenvalue weighted by atomic mass is 16.4. The lowest BCUT2D eigenvalue weighted by atomic mass is 10.1. The van der Waals surface area contributed by atoms with E-state index >= 15 is 0 Å². The first-order chi connectivity index (χ1) is 7.09. The van der Waals surface area contributed by atoms with E-state index in [-0.39, 0.29) is 6.42 Å². The predicted molar refractivity (Wildman–Crippen MR) is 56.2 cm³/mol. The number of carboxylic acid groups (broad SMARTS) is 1. The van der Waals surface area contributed by atoms with Gasteiger partial charge < -0.3 is 10.8 Å². The van der Waals surface area contributed by atoms with Crippen LogP contribution in [0.3, 0.4) is 0 Å². The van der Waals surface area contributed by atoms with Crippen molar-refractivity contribution in [2.75, 3.05) is 0 Å². The van der Waals surface area contributed by atoms with E-state index in [2.05, 4.69) is 0 Å². The summed E-state index contributed by atoms with van der Waals surface area (Å²) in [6, 6.07) is 6.61. The van der Waals surface area contributed by atoms with Gasteiger partial charge >= 0.3 is 5.97 Å². The quantitative estimate of drug-likeness (QED) is 0.776. The van der Waals surface area contributed by atoms with E-state index in [1.54, 1.807) is 36.4 Å². The summed E-state index contributed by atoms with van der Waals surface area (Å²) in [6.07, 6.45) is 3.21. The van der Waals surface area contributed by atoms with Crippen LogP contribution in [-0.2, 0) is 4.79 Å². The molecule has 0 saturated heterocycles. The van der Waals surface area contributed by atoms with Crippen molar-refractivity contribution in [2.45, 2.75) is 6.42 Å². The van der Waals surface area contributed by atoms with E-state index < -0.39 is 11.9 Å². The van der Waals surface area contributed by atoms with Crippen LogP contribution in [0.2, 0.25) is 0 Å². The molecule has 0 saturated carbocycles. The normalized spacial score (nSPS) is 10.4. The summed E-state index contributed by atoms with van der Waals surface area (Å²) < 4.78 is 0. The van der Waals surface area contributed by atoms with E-state index in [0.717, 1.165) is 5.56 Å². The van der Waals surface area contributed by atoms with Gasteiger partial charge in [0.2, 0.25) is 5.91 Å². The average Bonchev–Trinajstić information content (AvgIpc) is 2.18. The minimum atomic E-state index is -0.875. The second kappa shape index (κ2) is 4.95. The summed E-state index contributed by atoms with van der Waals surface area (Å²) in [6.45, 7) is 0. The number of benzene rings is 1. The molecule has 1 aromatic rings. The molecule has 1 amide bonds. The summed E-state index contributed by atoms with van der Waals surface area (Å²) in [4.78, 5) is 21.0. The number of hydrogen-bond donors (Lipinski definition) is 2. The molecule has 1 aromatic carbocycles. The molecule has 0 aliphatic carbocycles. The summed E-state index contributed by atoms with van der Waals surface area (Å²) in [5.74, 6) is -1.35. The molecule has 3 N–H and O–H groups in total. The van der Waals surface area contributed by atoms with Crippen molar-refractivity contribution in [2.24, 2.45) is 5.73 Å². The fourth-order valence-corrected chi connectivity index (χ4v) is 1.05. The van der Waals surface area contributed by atoms with Gasteiger partial charge in [-0.25, -0.2) is 0 Å². The van der Waals surface area contributed by atoms with Crippen LogP contribution in [0.25, 0.3) is 6.08 Å². The number of nitrogens with two attached hydrogens (primary N) is 1. The summed E-state index contributed by atoms with van der Waals surface area (Å²) in [7, 11) is 0. The van der Waals surface area contributed by atoms with Crippen molar-refractivity contribution in [3.63, 3.8) is 0 Å². The van der Waals surface area contributed by atoms with Crippen LogP contribution in [0.15, 0.2) is 30.3 Å². The van der Waals surface area contributed by atoms with Crippen LogP contribution in [0.5, 0.6) is 0 Å². The minimum Gasteiger partial charge on any atom is -0.481 e. The lowest BCUT2D eigenvalue weighted by Gasteiger charge is -1.96. The van der Waals surface area contributed by atoms with Crippen molar-refractivity contribution in [1.82, 2.24) is 0 Å². The lowest BCUT2D eigenvalue weighted by Crippen LogP contribution is -2.10. The third kappa shape index (κ3) is 3.64. The Balaban J connectivity index is 2.68. The van der Waals surface area contributed by atoms with E-state index in [1.165, 1.54) is 0 Å². The first kappa shape index (κ1) is 11.0. The monoisotopic (exact) mass is 205 g/mol. The van der Waals surface area contributed by atoms with Gasteiger partial charge in [-0.2, -0.15) is 0 Å². The van der Waals surface area contributed by atoms with E-state index in [0.29, 0.717) is 5.56 Å². The molecule has 0 radical (unpaired) electrons. The Labute approximate surface area is 87.0 Å². The third-order valence-electron chi connectivity index (χ3n) is 1.80. The Morgan fingerprint density at radius 1 is 1.27 bits per heavy atom. The first-order valence-corrected chi connectivity index (χ1v) is 4.38. The number of primary amides is 1. The highest BCUT2D eigenvalue weighted by molar-refractivity contribution is 5.92. The maximum absolute atomic E-state index is 10.7. The predicted octanol–water partition coefficient (Wildman–Crippen LogP) is 1.27. The van der Waals surface area contributed by atoms with Crippen molar-refractivity contribution in [1.29, 1.82) is 0 Å². The van der Waals surface area contributed by atoms with Crippen molar-refractivity contribution in [3.05, 3.63) is 41.5 Å². The van der Waals surface area contributed by atoms with Gasteiger partial charge in [-0.05, 0) is 17.7 Å². The molecule has 4 nitrogen and oxygen atoms in total. The molecule has 0 aromatic heterocycles. The van der Waals surface area contributed by atoms with E-state index in [1.807, 2.05) is 0 Å². The molecule has 0 atom stereocenters. The number of carboxylic acids is 1. The number of carbonyl (C=O) groups excluding carboxylic acids is 1. The SMILES string of the molecule is NC(=O)c1ccc(C=CCC(=O)O)cc1. The van der Waals surface area contributed by atoms with Crippen LogP contribution in [-0.4, -0.2) is 17.0 Å². The number of rotatable bonds is 4. The maximum Gasteiger partial charge on any atom is 0.307 e. The molecule has 4 heteroatoms. The topological polar surface area (TPSA) is 80.4 Å². The van der Waals surface area contributed by atoms with Crippen molar-refractivity contribution >= 4 is 18.0 Å². The van der Waals surface area contributed by atoms with Crippen LogP contribution >= 0.6 is 0 Å². The molecule has 0 spiro atoms. The second-order valence-corrected chi connectivity index (χ2v) is 2.99.